The zero-order valence-corrected chi connectivity index (χ0v) is 11.9. The summed E-state index contributed by atoms with van der Waals surface area (Å²) in [5, 5.41) is 1.11. The SMILES string of the molecule is Clc1ccc(-c2cc(Cl)nc(-c3ccccc3)n2)cc1. The third-order valence-electron chi connectivity index (χ3n) is 2.87. The summed E-state index contributed by atoms with van der Waals surface area (Å²) in [5.41, 5.74) is 2.67. The van der Waals surface area contributed by atoms with E-state index in [0.29, 0.717) is 16.0 Å². The maximum atomic E-state index is 6.10. The molecule has 0 saturated heterocycles. The van der Waals surface area contributed by atoms with Gasteiger partial charge in [-0.05, 0) is 12.1 Å². The summed E-state index contributed by atoms with van der Waals surface area (Å²) in [6.45, 7) is 0. The molecule has 0 aliphatic rings. The van der Waals surface area contributed by atoms with Gasteiger partial charge >= 0.3 is 0 Å². The zero-order valence-electron chi connectivity index (χ0n) is 10.4. The maximum absolute atomic E-state index is 6.10. The molecule has 0 amide bonds. The van der Waals surface area contributed by atoms with Gasteiger partial charge in [-0.2, -0.15) is 0 Å². The molecule has 0 aliphatic carbocycles. The Morgan fingerprint density at radius 3 is 2.10 bits per heavy atom. The van der Waals surface area contributed by atoms with Gasteiger partial charge in [0.2, 0.25) is 0 Å². The molecule has 0 N–H and O–H groups in total. The summed E-state index contributed by atoms with van der Waals surface area (Å²) in [7, 11) is 0. The van der Waals surface area contributed by atoms with Crippen molar-refractivity contribution in [1.82, 2.24) is 9.97 Å². The second-order valence-corrected chi connectivity index (χ2v) is 5.10. The van der Waals surface area contributed by atoms with Crippen LogP contribution in [0, 0.1) is 0 Å². The highest BCUT2D eigenvalue weighted by atomic mass is 35.5. The van der Waals surface area contributed by atoms with Crippen LogP contribution in [0.15, 0.2) is 60.7 Å². The highest BCUT2D eigenvalue weighted by Crippen LogP contribution is 2.25. The third kappa shape index (κ3) is 2.82. The van der Waals surface area contributed by atoms with E-state index in [9.17, 15) is 0 Å². The monoisotopic (exact) mass is 300 g/mol. The van der Waals surface area contributed by atoms with Crippen molar-refractivity contribution in [3.8, 4) is 22.6 Å². The molecule has 98 valence electrons. The van der Waals surface area contributed by atoms with Crippen molar-refractivity contribution in [2.24, 2.45) is 0 Å². The van der Waals surface area contributed by atoms with Gasteiger partial charge in [-0.1, -0.05) is 65.7 Å². The fourth-order valence-electron chi connectivity index (χ4n) is 1.90. The van der Waals surface area contributed by atoms with Crippen molar-refractivity contribution >= 4 is 23.2 Å². The number of benzene rings is 2. The van der Waals surface area contributed by atoms with Crippen LogP contribution >= 0.6 is 23.2 Å². The van der Waals surface area contributed by atoms with E-state index in [-0.39, 0.29) is 0 Å². The molecule has 3 aromatic rings. The summed E-state index contributed by atoms with van der Waals surface area (Å²) in [4.78, 5) is 8.84. The lowest BCUT2D eigenvalue weighted by Gasteiger charge is -2.05. The average Bonchev–Trinajstić information content (AvgIpc) is 2.48. The van der Waals surface area contributed by atoms with Crippen molar-refractivity contribution in [3.05, 3.63) is 70.8 Å². The molecular weight excluding hydrogens is 291 g/mol. The number of hydrogen-bond donors (Lipinski definition) is 0. The highest BCUT2D eigenvalue weighted by molar-refractivity contribution is 6.30. The molecule has 0 atom stereocenters. The van der Waals surface area contributed by atoms with Gasteiger partial charge in [0.15, 0.2) is 5.82 Å². The molecular formula is C16H10Cl2N2. The molecule has 0 spiro atoms. The molecule has 0 bridgehead atoms. The Bertz CT molecular complexity index is 725. The highest BCUT2D eigenvalue weighted by Gasteiger charge is 2.07. The van der Waals surface area contributed by atoms with Crippen LogP contribution in [0.5, 0.6) is 0 Å². The van der Waals surface area contributed by atoms with Gasteiger partial charge in [-0.15, -0.1) is 0 Å². The van der Waals surface area contributed by atoms with Crippen molar-refractivity contribution in [1.29, 1.82) is 0 Å². The Morgan fingerprint density at radius 2 is 1.40 bits per heavy atom. The molecule has 2 nitrogen and oxygen atoms in total. The molecule has 1 heterocycles. The summed E-state index contributed by atoms with van der Waals surface area (Å²) in [6.07, 6.45) is 0. The van der Waals surface area contributed by atoms with Gasteiger partial charge in [0.1, 0.15) is 5.15 Å². The Balaban J connectivity index is 2.09. The van der Waals surface area contributed by atoms with E-state index in [2.05, 4.69) is 9.97 Å². The zero-order chi connectivity index (χ0) is 13.9. The van der Waals surface area contributed by atoms with Crippen LogP contribution in [0.4, 0.5) is 0 Å². The van der Waals surface area contributed by atoms with Gasteiger partial charge in [-0.3, -0.25) is 0 Å². The normalized spacial score (nSPS) is 10.5. The van der Waals surface area contributed by atoms with E-state index < -0.39 is 0 Å². The van der Waals surface area contributed by atoms with Crippen LogP contribution in [0.2, 0.25) is 10.2 Å². The molecule has 20 heavy (non-hydrogen) atoms. The fourth-order valence-corrected chi connectivity index (χ4v) is 2.21. The van der Waals surface area contributed by atoms with Crippen molar-refractivity contribution in [2.75, 3.05) is 0 Å². The van der Waals surface area contributed by atoms with Crippen molar-refractivity contribution in [3.63, 3.8) is 0 Å². The van der Waals surface area contributed by atoms with E-state index in [1.807, 2.05) is 54.6 Å². The molecule has 3 rings (SSSR count). The van der Waals surface area contributed by atoms with Gasteiger partial charge in [0, 0.05) is 22.2 Å². The van der Waals surface area contributed by atoms with E-state index >= 15 is 0 Å². The van der Waals surface area contributed by atoms with Crippen molar-refractivity contribution < 1.29 is 0 Å². The lowest BCUT2D eigenvalue weighted by molar-refractivity contribution is 1.18. The molecule has 0 fully saturated rings. The first-order chi connectivity index (χ1) is 9.72. The van der Waals surface area contributed by atoms with E-state index in [4.69, 9.17) is 23.2 Å². The van der Waals surface area contributed by atoms with E-state index in [1.54, 1.807) is 6.07 Å². The summed E-state index contributed by atoms with van der Waals surface area (Å²) >= 11 is 12.0. The fraction of sp³-hybridized carbons (Fsp3) is 0. The Morgan fingerprint density at radius 1 is 0.700 bits per heavy atom. The Labute approximate surface area is 127 Å². The van der Waals surface area contributed by atoms with E-state index in [0.717, 1.165) is 16.8 Å². The Hall–Kier alpha value is -1.90. The lowest BCUT2D eigenvalue weighted by atomic mass is 10.1. The predicted octanol–water partition coefficient (Wildman–Crippen LogP) is 5.12. The molecule has 2 aromatic carbocycles. The van der Waals surface area contributed by atoms with Gasteiger partial charge in [0.05, 0.1) is 5.69 Å². The largest absolute Gasteiger partial charge is 0.228 e. The van der Waals surface area contributed by atoms with Gasteiger partial charge < -0.3 is 0 Å². The average molecular weight is 301 g/mol. The second-order valence-electron chi connectivity index (χ2n) is 4.27. The van der Waals surface area contributed by atoms with Crippen LogP contribution < -0.4 is 0 Å². The molecule has 0 unspecified atom stereocenters. The van der Waals surface area contributed by atoms with E-state index in [1.165, 1.54) is 0 Å². The molecule has 0 radical (unpaired) electrons. The maximum Gasteiger partial charge on any atom is 0.161 e. The number of nitrogens with zero attached hydrogens (tertiary/aromatic N) is 2. The summed E-state index contributed by atoms with van der Waals surface area (Å²) in [6, 6.07) is 19.0. The molecule has 1 aromatic heterocycles. The lowest BCUT2D eigenvalue weighted by Crippen LogP contribution is -1.92. The first-order valence-electron chi connectivity index (χ1n) is 6.08. The first kappa shape index (κ1) is 13.1. The number of aromatic nitrogens is 2. The summed E-state index contributed by atoms with van der Waals surface area (Å²) in [5.74, 6) is 0.614. The van der Waals surface area contributed by atoms with Gasteiger partial charge in [0.25, 0.3) is 0 Å². The standard InChI is InChI=1S/C16H10Cl2N2/c17-13-8-6-11(7-9-13)14-10-15(18)20-16(19-14)12-4-2-1-3-5-12/h1-10H. The van der Waals surface area contributed by atoms with Crippen LogP contribution in [-0.4, -0.2) is 9.97 Å². The smallest absolute Gasteiger partial charge is 0.161 e. The van der Waals surface area contributed by atoms with Crippen LogP contribution in [0.25, 0.3) is 22.6 Å². The number of hydrogen-bond acceptors (Lipinski definition) is 2. The predicted molar refractivity (Wildman–Crippen MR) is 82.9 cm³/mol. The molecule has 4 heteroatoms. The minimum Gasteiger partial charge on any atom is -0.228 e. The third-order valence-corrected chi connectivity index (χ3v) is 3.31. The molecule has 0 saturated carbocycles. The minimum atomic E-state index is 0.420. The number of rotatable bonds is 2. The second kappa shape index (κ2) is 5.61. The number of halogens is 2. The van der Waals surface area contributed by atoms with Gasteiger partial charge in [-0.25, -0.2) is 9.97 Å². The summed E-state index contributed by atoms with van der Waals surface area (Å²) < 4.78 is 0. The van der Waals surface area contributed by atoms with Crippen LogP contribution in [0.1, 0.15) is 0 Å². The van der Waals surface area contributed by atoms with Crippen LogP contribution in [0.3, 0.4) is 0 Å². The van der Waals surface area contributed by atoms with Crippen LogP contribution in [-0.2, 0) is 0 Å². The quantitative estimate of drug-likeness (QED) is 0.614. The first-order valence-corrected chi connectivity index (χ1v) is 6.84. The topological polar surface area (TPSA) is 25.8 Å². The Kier molecular flexibility index (Phi) is 3.68. The van der Waals surface area contributed by atoms with Crippen molar-refractivity contribution in [2.45, 2.75) is 0 Å². The minimum absolute atomic E-state index is 0.420. The molecule has 0 aliphatic heterocycles.